The molecule has 0 aliphatic rings. The van der Waals surface area contributed by atoms with Crippen LogP contribution in [0.2, 0.25) is 0 Å². The molecule has 0 unspecified atom stereocenters. The summed E-state index contributed by atoms with van der Waals surface area (Å²) in [4.78, 5) is 23.8. The van der Waals surface area contributed by atoms with Crippen LogP contribution in [0.15, 0.2) is 48.5 Å². The number of amides is 2. The number of hydrogen-bond acceptors (Lipinski definition) is 3. The summed E-state index contributed by atoms with van der Waals surface area (Å²) >= 11 is 0. The van der Waals surface area contributed by atoms with Gasteiger partial charge in [-0.05, 0) is 42.7 Å². The van der Waals surface area contributed by atoms with Gasteiger partial charge in [0.05, 0.1) is 6.61 Å². The third kappa shape index (κ3) is 6.77. The maximum Gasteiger partial charge on any atom is 0.226 e. The SMILES string of the molecule is CCOc1ccccc1CCC(=O)NCc1ccc(NC(=O)C(C)C)cc1. The first-order chi connectivity index (χ1) is 13.0. The van der Waals surface area contributed by atoms with Gasteiger partial charge in [-0.2, -0.15) is 0 Å². The second kappa shape index (κ2) is 10.4. The van der Waals surface area contributed by atoms with Crippen LogP contribution in [-0.2, 0) is 22.6 Å². The fourth-order valence-corrected chi connectivity index (χ4v) is 2.54. The lowest BCUT2D eigenvalue weighted by Crippen LogP contribution is -2.23. The lowest BCUT2D eigenvalue weighted by Gasteiger charge is -2.11. The molecule has 0 aromatic heterocycles. The van der Waals surface area contributed by atoms with Gasteiger partial charge in [-0.3, -0.25) is 9.59 Å². The Kier molecular flexibility index (Phi) is 7.86. The molecule has 0 aliphatic heterocycles. The maximum atomic E-state index is 12.1. The largest absolute Gasteiger partial charge is 0.494 e. The first-order valence-electron chi connectivity index (χ1n) is 9.36. The van der Waals surface area contributed by atoms with E-state index in [-0.39, 0.29) is 17.7 Å². The quantitative estimate of drug-likeness (QED) is 0.705. The van der Waals surface area contributed by atoms with Gasteiger partial charge in [0.1, 0.15) is 5.75 Å². The topological polar surface area (TPSA) is 67.4 Å². The highest BCUT2D eigenvalue weighted by molar-refractivity contribution is 5.92. The Hall–Kier alpha value is -2.82. The van der Waals surface area contributed by atoms with Gasteiger partial charge >= 0.3 is 0 Å². The van der Waals surface area contributed by atoms with Crippen LogP contribution in [0.3, 0.4) is 0 Å². The highest BCUT2D eigenvalue weighted by Crippen LogP contribution is 2.19. The molecule has 5 nitrogen and oxygen atoms in total. The van der Waals surface area contributed by atoms with E-state index in [2.05, 4.69) is 10.6 Å². The second-order valence-corrected chi connectivity index (χ2v) is 6.66. The maximum absolute atomic E-state index is 12.1. The van der Waals surface area contributed by atoms with Crippen LogP contribution >= 0.6 is 0 Å². The molecule has 2 aromatic rings. The van der Waals surface area contributed by atoms with Crippen molar-refractivity contribution >= 4 is 17.5 Å². The van der Waals surface area contributed by atoms with Gasteiger partial charge in [0, 0.05) is 24.6 Å². The van der Waals surface area contributed by atoms with Gasteiger partial charge in [0.15, 0.2) is 0 Å². The number of benzene rings is 2. The van der Waals surface area contributed by atoms with Crippen molar-refractivity contribution in [3.05, 3.63) is 59.7 Å². The number of nitrogens with one attached hydrogen (secondary N) is 2. The van der Waals surface area contributed by atoms with E-state index < -0.39 is 0 Å². The molecule has 0 radical (unpaired) electrons. The number of carbonyl (C=O) groups excluding carboxylic acids is 2. The zero-order valence-corrected chi connectivity index (χ0v) is 16.2. The van der Waals surface area contributed by atoms with Crippen molar-refractivity contribution in [2.75, 3.05) is 11.9 Å². The number of hydrogen-bond donors (Lipinski definition) is 2. The van der Waals surface area contributed by atoms with Gasteiger partial charge in [-0.15, -0.1) is 0 Å². The second-order valence-electron chi connectivity index (χ2n) is 6.66. The fourth-order valence-electron chi connectivity index (χ4n) is 2.54. The van der Waals surface area contributed by atoms with E-state index in [0.717, 1.165) is 22.6 Å². The molecule has 0 heterocycles. The number of aryl methyl sites for hydroxylation is 1. The molecule has 0 fully saturated rings. The van der Waals surface area contributed by atoms with Gasteiger partial charge < -0.3 is 15.4 Å². The molecule has 2 N–H and O–H groups in total. The Balaban J connectivity index is 1.79. The molecule has 0 aliphatic carbocycles. The van der Waals surface area contributed by atoms with Crippen molar-refractivity contribution < 1.29 is 14.3 Å². The molecule has 2 aromatic carbocycles. The average Bonchev–Trinajstić information content (AvgIpc) is 2.67. The number of para-hydroxylation sites is 1. The highest BCUT2D eigenvalue weighted by atomic mass is 16.5. The van der Waals surface area contributed by atoms with E-state index in [1.165, 1.54) is 0 Å². The van der Waals surface area contributed by atoms with E-state index in [1.807, 2.05) is 69.3 Å². The lowest BCUT2D eigenvalue weighted by molar-refractivity contribution is -0.121. The smallest absolute Gasteiger partial charge is 0.226 e. The van der Waals surface area contributed by atoms with Crippen molar-refractivity contribution in [2.45, 2.75) is 40.2 Å². The Bertz CT molecular complexity index is 754. The van der Waals surface area contributed by atoms with Crippen LogP contribution in [-0.4, -0.2) is 18.4 Å². The normalized spacial score (nSPS) is 10.5. The van der Waals surface area contributed by atoms with Crippen molar-refractivity contribution in [3.8, 4) is 5.75 Å². The third-order valence-corrected chi connectivity index (χ3v) is 4.13. The third-order valence-electron chi connectivity index (χ3n) is 4.13. The zero-order valence-electron chi connectivity index (χ0n) is 16.2. The summed E-state index contributed by atoms with van der Waals surface area (Å²) in [6.45, 7) is 6.72. The summed E-state index contributed by atoms with van der Waals surface area (Å²) < 4.78 is 5.59. The molecule has 5 heteroatoms. The minimum atomic E-state index is -0.0585. The van der Waals surface area contributed by atoms with Crippen molar-refractivity contribution in [3.63, 3.8) is 0 Å². The first kappa shape index (κ1) is 20.5. The van der Waals surface area contributed by atoms with Crippen molar-refractivity contribution in [1.29, 1.82) is 0 Å². The minimum absolute atomic E-state index is 0.00140. The Morgan fingerprint density at radius 1 is 1.04 bits per heavy atom. The Labute approximate surface area is 161 Å². The van der Waals surface area contributed by atoms with E-state index in [0.29, 0.717) is 26.0 Å². The predicted molar refractivity (Wildman–Crippen MR) is 108 cm³/mol. The summed E-state index contributed by atoms with van der Waals surface area (Å²) in [6.07, 6.45) is 1.05. The molecule has 144 valence electrons. The lowest BCUT2D eigenvalue weighted by atomic mass is 10.1. The molecule has 2 amide bonds. The van der Waals surface area contributed by atoms with E-state index in [1.54, 1.807) is 0 Å². The monoisotopic (exact) mass is 368 g/mol. The number of ether oxygens (including phenoxy) is 1. The van der Waals surface area contributed by atoms with Crippen molar-refractivity contribution in [1.82, 2.24) is 5.32 Å². The molecule has 0 bridgehead atoms. The Morgan fingerprint density at radius 3 is 2.41 bits per heavy atom. The predicted octanol–water partition coefficient (Wildman–Crippen LogP) is 3.93. The average molecular weight is 368 g/mol. The van der Waals surface area contributed by atoms with Crippen molar-refractivity contribution in [2.24, 2.45) is 5.92 Å². The Morgan fingerprint density at radius 2 is 1.74 bits per heavy atom. The standard InChI is InChI=1S/C22H28N2O3/c1-4-27-20-8-6-5-7-18(20)11-14-21(25)23-15-17-9-12-19(13-10-17)24-22(26)16(2)3/h5-10,12-13,16H,4,11,14-15H2,1-3H3,(H,23,25)(H,24,26). The zero-order chi connectivity index (χ0) is 19.6. The van der Waals surface area contributed by atoms with Crippen LogP contribution in [0.1, 0.15) is 38.3 Å². The summed E-state index contributed by atoms with van der Waals surface area (Å²) in [5.41, 5.74) is 2.79. The summed E-state index contributed by atoms with van der Waals surface area (Å²) in [5.74, 6) is 0.769. The fraction of sp³-hybridized carbons (Fsp3) is 0.364. The van der Waals surface area contributed by atoms with E-state index in [4.69, 9.17) is 4.74 Å². The molecule has 0 saturated carbocycles. The van der Waals surface area contributed by atoms with Gasteiger partial charge in [-0.1, -0.05) is 44.2 Å². The molecule has 0 spiro atoms. The summed E-state index contributed by atoms with van der Waals surface area (Å²) in [7, 11) is 0. The summed E-state index contributed by atoms with van der Waals surface area (Å²) in [5, 5.41) is 5.78. The molecule has 0 atom stereocenters. The molecule has 0 saturated heterocycles. The number of anilines is 1. The van der Waals surface area contributed by atoms with Gasteiger partial charge in [0.2, 0.25) is 11.8 Å². The highest BCUT2D eigenvalue weighted by Gasteiger charge is 2.08. The number of carbonyl (C=O) groups is 2. The molecular formula is C22H28N2O3. The summed E-state index contributed by atoms with van der Waals surface area (Å²) in [6, 6.07) is 15.3. The van der Waals surface area contributed by atoms with Crippen LogP contribution in [0.4, 0.5) is 5.69 Å². The number of rotatable bonds is 9. The van der Waals surface area contributed by atoms with E-state index >= 15 is 0 Å². The molecule has 27 heavy (non-hydrogen) atoms. The van der Waals surface area contributed by atoms with Crippen LogP contribution in [0.25, 0.3) is 0 Å². The first-order valence-corrected chi connectivity index (χ1v) is 9.36. The van der Waals surface area contributed by atoms with Gasteiger partial charge in [-0.25, -0.2) is 0 Å². The van der Waals surface area contributed by atoms with Gasteiger partial charge in [0.25, 0.3) is 0 Å². The van der Waals surface area contributed by atoms with Crippen LogP contribution < -0.4 is 15.4 Å². The minimum Gasteiger partial charge on any atom is -0.494 e. The molecular weight excluding hydrogens is 340 g/mol. The van der Waals surface area contributed by atoms with Crippen LogP contribution in [0, 0.1) is 5.92 Å². The van der Waals surface area contributed by atoms with E-state index in [9.17, 15) is 9.59 Å². The molecule has 2 rings (SSSR count). The van der Waals surface area contributed by atoms with Crippen LogP contribution in [0.5, 0.6) is 5.75 Å².